The highest BCUT2D eigenvalue weighted by Gasteiger charge is 2.41. The molecule has 1 fully saturated rings. The molecule has 0 saturated carbocycles. The Bertz CT molecular complexity index is 795. The number of fused-ring (bicyclic) bond motifs is 1. The maximum atomic E-state index is 13.5. The standard InChI is InChI=1S/C13H14F2N2O3S/c1-21(18,19)17-13(3-2-4-20-13)9-7-16-12-6-11(15)10(14)5-8(9)12/h5-7,16-17H,2-4H2,1H3. The first-order valence-electron chi connectivity index (χ1n) is 6.40. The zero-order valence-corrected chi connectivity index (χ0v) is 12.1. The van der Waals surface area contributed by atoms with Gasteiger partial charge in [-0.25, -0.2) is 17.2 Å². The maximum absolute atomic E-state index is 13.5. The van der Waals surface area contributed by atoms with Gasteiger partial charge in [0.05, 0.1) is 6.26 Å². The maximum Gasteiger partial charge on any atom is 0.211 e. The van der Waals surface area contributed by atoms with Crippen LogP contribution in [0.4, 0.5) is 8.78 Å². The molecule has 1 aliphatic heterocycles. The van der Waals surface area contributed by atoms with Crippen LogP contribution in [0.1, 0.15) is 18.4 Å². The molecule has 1 saturated heterocycles. The summed E-state index contributed by atoms with van der Waals surface area (Å²) in [6.07, 6.45) is 3.64. The molecular formula is C13H14F2N2O3S. The summed E-state index contributed by atoms with van der Waals surface area (Å²) in [5.41, 5.74) is -0.399. The summed E-state index contributed by atoms with van der Waals surface area (Å²) in [7, 11) is -3.54. The third-order valence-corrected chi connectivity index (χ3v) is 4.23. The van der Waals surface area contributed by atoms with E-state index in [2.05, 4.69) is 9.71 Å². The van der Waals surface area contributed by atoms with Crippen molar-refractivity contribution in [3.05, 3.63) is 35.5 Å². The topological polar surface area (TPSA) is 71.2 Å². The van der Waals surface area contributed by atoms with Crippen molar-refractivity contribution in [1.82, 2.24) is 9.71 Å². The number of rotatable bonds is 3. The van der Waals surface area contributed by atoms with Crippen molar-refractivity contribution in [2.45, 2.75) is 18.6 Å². The van der Waals surface area contributed by atoms with E-state index < -0.39 is 27.4 Å². The summed E-state index contributed by atoms with van der Waals surface area (Å²) in [5.74, 6) is -1.95. The smallest absolute Gasteiger partial charge is 0.211 e. The fourth-order valence-electron chi connectivity index (χ4n) is 2.74. The number of sulfonamides is 1. The molecular weight excluding hydrogens is 302 g/mol. The number of ether oxygens (including phenoxy) is 1. The molecule has 3 rings (SSSR count). The second-order valence-electron chi connectivity index (χ2n) is 5.17. The lowest BCUT2D eigenvalue weighted by Gasteiger charge is -2.28. The van der Waals surface area contributed by atoms with E-state index in [0.717, 1.165) is 18.4 Å². The molecule has 0 aliphatic carbocycles. The van der Waals surface area contributed by atoms with Crippen LogP contribution in [0, 0.1) is 11.6 Å². The van der Waals surface area contributed by atoms with Gasteiger partial charge in [-0.2, -0.15) is 4.72 Å². The van der Waals surface area contributed by atoms with Crippen LogP contribution in [0.15, 0.2) is 18.3 Å². The number of aromatic nitrogens is 1. The van der Waals surface area contributed by atoms with Crippen LogP contribution in [-0.4, -0.2) is 26.3 Å². The highest BCUT2D eigenvalue weighted by Crippen LogP contribution is 2.38. The number of H-pyrrole nitrogens is 1. The minimum Gasteiger partial charge on any atom is -0.361 e. The van der Waals surface area contributed by atoms with Crippen molar-refractivity contribution >= 4 is 20.9 Å². The summed E-state index contributed by atoms with van der Waals surface area (Å²) in [6.45, 7) is 0.388. The summed E-state index contributed by atoms with van der Waals surface area (Å²) in [5, 5.41) is 0.395. The van der Waals surface area contributed by atoms with Gasteiger partial charge < -0.3 is 9.72 Å². The molecule has 1 aromatic heterocycles. The molecule has 0 amide bonds. The molecule has 8 heteroatoms. The van der Waals surface area contributed by atoms with Gasteiger partial charge >= 0.3 is 0 Å². The van der Waals surface area contributed by atoms with Crippen molar-refractivity contribution in [2.24, 2.45) is 0 Å². The molecule has 0 radical (unpaired) electrons. The van der Waals surface area contributed by atoms with E-state index >= 15 is 0 Å². The summed E-state index contributed by atoms with van der Waals surface area (Å²) in [4.78, 5) is 2.82. The number of aromatic amines is 1. The molecule has 2 heterocycles. The van der Waals surface area contributed by atoms with Crippen LogP contribution >= 0.6 is 0 Å². The van der Waals surface area contributed by atoms with Gasteiger partial charge in [0.2, 0.25) is 10.0 Å². The van der Waals surface area contributed by atoms with Crippen LogP contribution < -0.4 is 4.72 Å². The fourth-order valence-corrected chi connectivity index (χ4v) is 3.61. The van der Waals surface area contributed by atoms with E-state index in [9.17, 15) is 17.2 Å². The fraction of sp³-hybridized carbons (Fsp3) is 0.385. The highest BCUT2D eigenvalue weighted by atomic mass is 32.2. The Morgan fingerprint density at radius 1 is 1.33 bits per heavy atom. The monoisotopic (exact) mass is 316 g/mol. The largest absolute Gasteiger partial charge is 0.361 e. The molecule has 114 valence electrons. The Morgan fingerprint density at radius 2 is 2.05 bits per heavy atom. The predicted octanol–water partition coefficient (Wildman–Crippen LogP) is 1.96. The third-order valence-electron chi connectivity index (χ3n) is 3.53. The Morgan fingerprint density at radius 3 is 2.67 bits per heavy atom. The lowest BCUT2D eigenvalue weighted by atomic mass is 10.00. The molecule has 1 aliphatic rings. The highest BCUT2D eigenvalue weighted by molar-refractivity contribution is 7.88. The Kier molecular flexibility index (Phi) is 3.27. The first kappa shape index (κ1) is 14.4. The molecule has 1 atom stereocenters. The zero-order valence-electron chi connectivity index (χ0n) is 11.2. The number of hydrogen-bond donors (Lipinski definition) is 2. The van der Waals surface area contributed by atoms with Crippen LogP contribution in [0.25, 0.3) is 10.9 Å². The third kappa shape index (κ3) is 2.54. The van der Waals surface area contributed by atoms with Gasteiger partial charge in [-0.1, -0.05) is 0 Å². The van der Waals surface area contributed by atoms with Crippen molar-refractivity contribution in [3.8, 4) is 0 Å². The van der Waals surface area contributed by atoms with E-state index in [1.807, 2.05) is 0 Å². The molecule has 0 spiro atoms. The normalized spacial score (nSPS) is 23.0. The minimum absolute atomic E-state index is 0.383. The van der Waals surface area contributed by atoms with Gasteiger partial charge in [0.15, 0.2) is 17.4 Å². The predicted molar refractivity (Wildman–Crippen MR) is 73.1 cm³/mol. The molecule has 1 aromatic carbocycles. The molecule has 1 unspecified atom stereocenters. The molecule has 2 N–H and O–H groups in total. The van der Waals surface area contributed by atoms with Crippen molar-refractivity contribution in [2.75, 3.05) is 12.9 Å². The van der Waals surface area contributed by atoms with Crippen LogP contribution in [0.5, 0.6) is 0 Å². The van der Waals surface area contributed by atoms with E-state index in [-0.39, 0.29) is 0 Å². The number of hydrogen-bond acceptors (Lipinski definition) is 3. The van der Waals surface area contributed by atoms with E-state index in [0.29, 0.717) is 35.9 Å². The summed E-state index contributed by atoms with van der Waals surface area (Å²) in [6, 6.07) is 2.08. The van der Waals surface area contributed by atoms with Gasteiger partial charge in [0.1, 0.15) is 0 Å². The SMILES string of the molecule is CS(=O)(=O)NC1(c2c[nH]c3cc(F)c(F)cc23)CCCO1. The Balaban J connectivity index is 2.19. The van der Waals surface area contributed by atoms with Gasteiger partial charge in [0.25, 0.3) is 0 Å². The van der Waals surface area contributed by atoms with E-state index in [1.54, 1.807) is 0 Å². The minimum atomic E-state index is -3.54. The van der Waals surface area contributed by atoms with Crippen molar-refractivity contribution in [3.63, 3.8) is 0 Å². The van der Waals surface area contributed by atoms with Gasteiger partial charge in [-0.15, -0.1) is 0 Å². The number of benzene rings is 1. The van der Waals surface area contributed by atoms with Crippen LogP contribution in [-0.2, 0) is 20.5 Å². The zero-order chi connectivity index (χ0) is 15.3. The average Bonchev–Trinajstić information content (AvgIpc) is 2.95. The van der Waals surface area contributed by atoms with E-state index in [4.69, 9.17) is 4.74 Å². The van der Waals surface area contributed by atoms with E-state index in [1.165, 1.54) is 6.20 Å². The quantitative estimate of drug-likeness (QED) is 0.909. The van der Waals surface area contributed by atoms with Crippen LogP contribution in [0.3, 0.4) is 0 Å². The summed E-state index contributed by atoms with van der Waals surface area (Å²) < 4.78 is 58.1. The second kappa shape index (κ2) is 4.75. The molecule has 2 aromatic rings. The molecule has 0 bridgehead atoms. The number of nitrogens with one attached hydrogen (secondary N) is 2. The number of halogens is 2. The van der Waals surface area contributed by atoms with Crippen molar-refractivity contribution in [1.29, 1.82) is 0 Å². The summed E-state index contributed by atoms with van der Waals surface area (Å²) >= 11 is 0. The Hall–Kier alpha value is -1.51. The lowest BCUT2D eigenvalue weighted by molar-refractivity contribution is -0.00839. The molecule has 21 heavy (non-hydrogen) atoms. The first-order chi connectivity index (χ1) is 9.81. The van der Waals surface area contributed by atoms with Crippen LogP contribution in [0.2, 0.25) is 0 Å². The lowest BCUT2D eigenvalue weighted by Crippen LogP contribution is -2.44. The second-order valence-corrected chi connectivity index (χ2v) is 6.92. The van der Waals surface area contributed by atoms with Gasteiger partial charge in [0, 0.05) is 35.3 Å². The van der Waals surface area contributed by atoms with Gasteiger partial charge in [-0.3, -0.25) is 0 Å². The molecule has 5 nitrogen and oxygen atoms in total. The van der Waals surface area contributed by atoms with Crippen molar-refractivity contribution < 1.29 is 21.9 Å². The Labute approximate surface area is 120 Å². The first-order valence-corrected chi connectivity index (χ1v) is 8.29. The van der Waals surface area contributed by atoms with Gasteiger partial charge in [-0.05, 0) is 18.9 Å². The average molecular weight is 316 g/mol.